The van der Waals surface area contributed by atoms with Crippen molar-refractivity contribution in [3.63, 3.8) is 0 Å². The average Bonchev–Trinajstić information content (AvgIpc) is 2.69. The number of rotatable bonds is 4. The number of nitrogens with zero attached hydrogens (tertiary/aromatic N) is 6. The van der Waals surface area contributed by atoms with Crippen molar-refractivity contribution in [1.29, 1.82) is 0 Å². The molecule has 0 aliphatic rings. The van der Waals surface area contributed by atoms with Crippen molar-refractivity contribution < 1.29 is 5.11 Å². The van der Waals surface area contributed by atoms with Crippen LogP contribution in [0.3, 0.4) is 0 Å². The van der Waals surface area contributed by atoms with E-state index < -0.39 is 6.10 Å². The minimum atomic E-state index is -0.453. The quantitative estimate of drug-likeness (QED) is 0.627. The second-order valence-corrected chi connectivity index (χ2v) is 4.32. The van der Waals surface area contributed by atoms with Crippen LogP contribution in [0.5, 0.6) is 0 Å². The Morgan fingerprint density at radius 2 is 2.22 bits per heavy atom. The molecule has 0 amide bonds. The van der Waals surface area contributed by atoms with E-state index in [1.165, 1.54) is 6.33 Å². The van der Waals surface area contributed by atoms with Crippen LogP contribution >= 0.6 is 0 Å². The lowest BCUT2D eigenvalue weighted by Crippen LogP contribution is -2.11. The second kappa shape index (κ2) is 5.09. The number of aliphatic imine (C=N–C) groups is 1. The molecule has 2 aromatic heterocycles. The largest absolute Gasteiger partial charge is 0.392 e. The Bertz CT molecular complexity index is 560. The number of hydrogen-bond donors (Lipinski definition) is 1. The number of fused-ring (bicyclic) bond motifs is 1. The third-order valence-corrected chi connectivity index (χ3v) is 2.25. The smallest absolute Gasteiger partial charge is 0.184 e. The SMILES string of the molecule is C[C@@H](O)Cn1cnc2c(/N=C/N(C)C)ncnc21. The number of imidazole rings is 1. The fourth-order valence-corrected chi connectivity index (χ4v) is 1.55. The van der Waals surface area contributed by atoms with Gasteiger partial charge in [-0.05, 0) is 6.92 Å². The van der Waals surface area contributed by atoms with Crippen LogP contribution in [0, 0.1) is 0 Å². The van der Waals surface area contributed by atoms with E-state index in [9.17, 15) is 5.11 Å². The Morgan fingerprint density at radius 1 is 1.44 bits per heavy atom. The highest BCUT2D eigenvalue weighted by molar-refractivity contribution is 5.82. The molecule has 2 heterocycles. The molecule has 7 heteroatoms. The van der Waals surface area contributed by atoms with Gasteiger partial charge >= 0.3 is 0 Å². The van der Waals surface area contributed by atoms with Gasteiger partial charge in [-0.25, -0.2) is 19.9 Å². The van der Waals surface area contributed by atoms with Gasteiger partial charge in [0.2, 0.25) is 0 Å². The van der Waals surface area contributed by atoms with Gasteiger partial charge in [0.25, 0.3) is 0 Å². The first-order chi connectivity index (χ1) is 8.58. The molecule has 2 aromatic rings. The molecule has 18 heavy (non-hydrogen) atoms. The van der Waals surface area contributed by atoms with E-state index in [1.807, 2.05) is 19.0 Å². The lowest BCUT2D eigenvalue weighted by molar-refractivity contribution is 0.175. The first kappa shape index (κ1) is 12.4. The summed E-state index contributed by atoms with van der Waals surface area (Å²) in [6.45, 7) is 2.17. The molecule has 0 aliphatic heterocycles. The van der Waals surface area contributed by atoms with Crippen molar-refractivity contribution in [2.24, 2.45) is 4.99 Å². The van der Waals surface area contributed by atoms with E-state index in [2.05, 4.69) is 19.9 Å². The Hall–Kier alpha value is -2.02. The normalized spacial score (nSPS) is 13.3. The van der Waals surface area contributed by atoms with Crippen LogP contribution in [-0.4, -0.2) is 56.1 Å². The van der Waals surface area contributed by atoms with E-state index in [-0.39, 0.29) is 0 Å². The molecule has 7 nitrogen and oxygen atoms in total. The van der Waals surface area contributed by atoms with Crippen molar-refractivity contribution in [3.05, 3.63) is 12.7 Å². The molecule has 0 spiro atoms. The van der Waals surface area contributed by atoms with E-state index in [1.54, 1.807) is 24.2 Å². The molecule has 0 unspecified atom stereocenters. The summed E-state index contributed by atoms with van der Waals surface area (Å²) in [6.07, 6.45) is 4.30. The van der Waals surface area contributed by atoms with Crippen LogP contribution in [0.2, 0.25) is 0 Å². The van der Waals surface area contributed by atoms with Crippen LogP contribution in [0.4, 0.5) is 5.82 Å². The zero-order valence-corrected chi connectivity index (χ0v) is 10.6. The molecule has 0 saturated heterocycles. The Balaban J connectivity index is 2.42. The number of hydrogen-bond acceptors (Lipinski definition) is 5. The zero-order chi connectivity index (χ0) is 13.1. The maximum atomic E-state index is 9.40. The highest BCUT2D eigenvalue weighted by atomic mass is 16.3. The van der Waals surface area contributed by atoms with E-state index in [0.29, 0.717) is 23.5 Å². The van der Waals surface area contributed by atoms with Gasteiger partial charge in [-0.15, -0.1) is 0 Å². The van der Waals surface area contributed by atoms with E-state index in [4.69, 9.17) is 0 Å². The van der Waals surface area contributed by atoms with Gasteiger partial charge in [0.15, 0.2) is 17.0 Å². The summed E-state index contributed by atoms with van der Waals surface area (Å²) in [5.41, 5.74) is 1.31. The fourth-order valence-electron chi connectivity index (χ4n) is 1.55. The predicted octanol–water partition coefficient (Wildman–Crippen LogP) is 0.428. The molecule has 0 aliphatic carbocycles. The second-order valence-electron chi connectivity index (χ2n) is 4.32. The van der Waals surface area contributed by atoms with Crippen molar-refractivity contribution in [3.8, 4) is 0 Å². The molecule has 96 valence electrons. The van der Waals surface area contributed by atoms with Gasteiger partial charge in [0.1, 0.15) is 6.33 Å². The predicted molar refractivity (Wildman–Crippen MR) is 68.8 cm³/mol. The van der Waals surface area contributed by atoms with Crippen molar-refractivity contribution >= 4 is 23.3 Å². The number of aliphatic hydroxyl groups is 1. The maximum absolute atomic E-state index is 9.40. The summed E-state index contributed by atoms with van der Waals surface area (Å²) in [7, 11) is 3.77. The summed E-state index contributed by atoms with van der Waals surface area (Å²) >= 11 is 0. The van der Waals surface area contributed by atoms with Crippen molar-refractivity contribution in [2.45, 2.75) is 19.6 Å². The minimum absolute atomic E-state index is 0.449. The van der Waals surface area contributed by atoms with Crippen LogP contribution in [0.25, 0.3) is 11.2 Å². The third-order valence-electron chi connectivity index (χ3n) is 2.25. The third kappa shape index (κ3) is 2.62. The summed E-state index contributed by atoms with van der Waals surface area (Å²) in [5, 5.41) is 9.40. The van der Waals surface area contributed by atoms with Crippen LogP contribution in [0.1, 0.15) is 6.92 Å². The molecule has 0 bridgehead atoms. The summed E-state index contributed by atoms with van der Waals surface area (Å²) in [5.74, 6) is 0.526. The van der Waals surface area contributed by atoms with Gasteiger partial charge in [-0.3, -0.25) is 0 Å². The minimum Gasteiger partial charge on any atom is -0.392 e. The Kier molecular flexibility index (Phi) is 3.52. The van der Waals surface area contributed by atoms with Crippen LogP contribution < -0.4 is 0 Å². The summed E-state index contributed by atoms with van der Waals surface area (Å²) < 4.78 is 1.79. The molecule has 0 saturated carbocycles. The topological polar surface area (TPSA) is 79.4 Å². The summed E-state index contributed by atoms with van der Waals surface area (Å²) in [4.78, 5) is 18.6. The lowest BCUT2D eigenvalue weighted by Gasteiger charge is -2.05. The summed E-state index contributed by atoms with van der Waals surface area (Å²) in [6, 6.07) is 0. The maximum Gasteiger partial charge on any atom is 0.184 e. The van der Waals surface area contributed by atoms with Crippen molar-refractivity contribution in [1.82, 2.24) is 24.4 Å². The average molecular weight is 248 g/mol. The molecule has 0 aromatic carbocycles. The lowest BCUT2D eigenvalue weighted by atomic mass is 10.4. The highest BCUT2D eigenvalue weighted by Crippen LogP contribution is 2.19. The Labute approximate surface area is 105 Å². The number of aliphatic hydroxyl groups excluding tert-OH is 1. The molecule has 0 fully saturated rings. The molecule has 1 N–H and O–H groups in total. The standard InChI is InChI=1S/C11H16N6O/c1-8(18)4-17-7-14-9-10(15-6-16(2)3)12-5-13-11(9)17/h5-8,18H,4H2,1-3H3/b15-6+/t8-/m1/s1. The highest BCUT2D eigenvalue weighted by Gasteiger charge is 2.10. The molecule has 1 atom stereocenters. The Morgan fingerprint density at radius 3 is 2.89 bits per heavy atom. The van der Waals surface area contributed by atoms with Crippen molar-refractivity contribution in [2.75, 3.05) is 14.1 Å². The van der Waals surface area contributed by atoms with Gasteiger partial charge in [-0.2, -0.15) is 0 Å². The first-order valence-electron chi connectivity index (χ1n) is 5.62. The van der Waals surface area contributed by atoms with Crippen LogP contribution in [-0.2, 0) is 6.54 Å². The van der Waals surface area contributed by atoms with E-state index in [0.717, 1.165) is 0 Å². The molecule has 0 radical (unpaired) electrons. The first-order valence-corrected chi connectivity index (χ1v) is 5.62. The van der Waals surface area contributed by atoms with Gasteiger partial charge in [0, 0.05) is 14.1 Å². The van der Waals surface area contributed by atoms with Gasteiger partial charge < -0.3 is 14.6 Å². The van der Waals surface area contributed by atoms with Gasteiger partial charge in [-0.1, -0.05) is 0 Å². The zero-order valence-electron chi connectivity index (χ0n) is 10.6. The molecule has 2 rings (SSSR count). The van der Waals surface area contributed by atoms with E-state index >= 15 is 0 Å². The monoisotopic (exact) mass is 248 g/mol. The fraction of sp³-hybridized carbons (Fsp3) is 0.455. The molecular formula is C11H16N6O. The van der Waals surface area contributed by atoms with Crippen LogP contribution in [0.15, 0.2) is 17.6 Å². The number of aromatic nitrogens is 4. The van der Waals surface area contributed by atoms with Gasteiger partial charge in [0.05, 0.1) is 25.3 Å². The molecular weight excluding hydrogens is 232 g/mol.